The number of fused-ring (bicyclic) bond motifs is 3. The second kappa shape index (κ2) is 4.64. The molecule has 6 nitrogen and oxygen atoms in total. The molecule has 3 fully saturated rings. The molecule has 0 unspecified atom stereocenters. The Balaban J connectivity index is 1.72. The van der Waals surface area contributed by atoms with Crippen molar-refractivity contribution in [2.45, 2.75) is 12.1 Å². The Kier molecular flexibility index (Phi) is 2.84. The smallest absolute Gasteiger partial charge is 0.324 e. The maximum absolute atomic E-state index is 12.3. The van der Waals surface area contributed by atoms with Gasteiger partial charge in [0.1, 0.15) is 12.6 Å². The molecule has 2 amide bonds. The number of imide groups is 1. The Morgan fingerprint density at radius 2 is 1.82 bits per heavy atom. The number of hydrogen-bond donors (Lipinski definition) is 0. The molecule has 3 heterocycles. The zero-order valence-electron chi connectivity index (χ0n) is 12.1. The average Bonchev–Trinajstić information content (AvgIpc) is 3.03. The maximum atomic E-state index is 12.3. The fourth-order valence-corrected chi connectivity index (χ4v) is 3.91. The Morgan fingerprint density at radius 3 is 2.55 bits per heavy atom. The van der Waals surface area contributed by atoms with E-state index < -0.39 is 23.8 Å². The van der Waals surface area contributed by atoms with Gasteiger partial charge < -0.3 is 4.74 Å². The Bertz CT molecular complexity index is 659. The van der Waals surface area contributed by atoms with E-state index in [0.717, 1.165) is 10.5 Å². The summed E-state index contributed by atoms with van der Waals surface area (Å²) < 4.78 is 5.32. The summed E-state index contributed by atoms with van der Waals surface area (Å²) in [4.78, 5) is 39.9. The molecule has 4 rings (SSSR count). The molecule has 114 valence electrons. The highest BCUT2D eigenvalue weighted by molar-refractivity contribution is 6.07. The first-order valence-electron chi connectivity index (χ1n) is 7.38. The monoisotopic (exact) mass is 300 g/mol. The van der Waals surface area contributed by atoms with Gasteiger partial charge in [-0.2, -0.15) is 0 Å². The van der Waals surface area contributed by atoms with Gasteiger partial charge in [-0.25, -0.2) is 0 Å². The largest absolute Gasteiger partial charge is 0.462 e. The molecular weight excluding hydrogens is 284 g/mol. The van der Waals surface area contributed by atoms with E-state index in [1.54, 1.807) is 0 Å². The molecule has 0 N–H and O–H groups in total. The zero-order valence-corrected chi connectivity index (χ0v) is 12.1. The van der Waals surface area contributed by atoms with E-state index in [1.807, 2.05) is 35.2 Å². The van der Waals surface area contributed by atoms with Crippen molar-refractivity contribution in [2.24, 2.45) is 11.8 Å². The van der Waals surface area contributed by atoms with Crippen LogP contribution in [-0.2, 0) is 19.1 Å². The summed E-state index contributed by atoms with van der Waals surface area (Å²) in [6.07, 6.45) is 0. The molecule has 0 saturated carbocycles. The van der Waals surface area contributed by atoms with Gasteiger partial charge in [-0.1, -0.05) is 30.3 Å². The second-order valence-corrected chi connectivity index (χ2v) is 6.07. The van der Waals surface area contributed by atoms with Crippen LogP contribution < -0.4 is 0 Å². The summed E-state index contributed by atoms with van der Waals surface area (Å²) in [5.41, 5.74) is 1.04. The van der Waals surface area contributed by atoms with Gasteiger partial charge in [0.25, 0.3) is 0 Å². The van der Waals surface area contributed by atoms with Crippen LogP contribution in [-0.4, -0.2) is 53.8 Å². The third-order valence-electron chi connectivity index (χ3n) is 5.01. The van der Waals surface area contributed by atoms with E-state index in [4.69, 9.17) is 4.74 Å². The quantitative estimate of drug-likeness (QED) is 0.547. The Morgan fingerprint density at radius 1 is 1.09 bits per heavy atom. The van der Waals surface area contributed by atoms with Crippen LogP contribution in [0.2, 0.25) is 0 Å². The van der Waals surface area contributed by atoms with E-state index in [0.29, 0.717) is 6.54 Å². The number of esters is 1. The predicted molar refractivity (Wildman–Crippen MR) is 75.4 cm³/mol. The number of benzene rings is 1. The number of likely N-dealkylation sites (tertiary alicyclic amines) is 1. The number of carbonyl (C=O) groups excluding carboxylic acids is 3. The molecule has 4 atom stereocenters. The number of ether oxygens (including phenoxy) is 1. The number of cyclic esters (lactones) is 1. The zero-order chi connectivity index (χ0) is 15.4. The van der Waals surface area contributed by atoms with Crippen LogP contribution in [0.5, 0.6) is 0 Å². The minimum absolute atomic E-state index is 0.0968. The van der Waals surface area contributed by atoms with Gasteiger partial charge in [-0.15, -0.1) is 0 Å². The van der Waals surface area contributed by atoms with Crippen LogP contribution in [0.4, 0.5) is 0 Å². The summed E-state index contributed by atoms with van der Waals surface area (Å²) in [5, 5.41) is 0. The lowest BCUT2D eigenvalue weighted by Crippen LogP contribution is -2.51. The summed E-state index contributed by atoms with van der Waals surface area (Å²) >= 11 is 0. The van der Waals surface area contributed by atoms with Crippen LogP contribution in [0.15, 0.2) is 30.3 Å². The van der Waals surface area contributed by atoms with Gasteiger partial charge in [0.15, 0.2) is 0 Å². The Hall–Kier alpha value is -2.21. The second-order valence-electron chi connectivity index (χ2n) is 6.07. The summed E-state index contributed by atoms with van der Waals surface area (Å²) in [7, 11) is 1.48. The molecule has 1 aromatic carbocycles. The third-order valence-corrected chi connectivity index (χ3v) is 5.01. The van der Waals surface area contributed by atoms with E-state index in [2.05, 4.69) is 0 Å². The van der Waals surface area contributed by atoms with Crippen molar-refractivity contribution in [3.63, 3.8) is 0 Å². The molecule has 0 bridgehead atoms. The highest BCUT2D eigenvalue weighted by Crippen LogP contribution is 2.44. The van der Waals surface area contributed by atoms with Crippen molar-refractivity contribution in [1.29, 1.82) is 0 Å². The van der Waals surface area contributed by atoms with Crippen LogP contribution in [0, 0.1) is 11.8 Å². The predicted octanol–water partition coefficient (Wildman–Crippen LogP) is 0.200. The van der Waals surface area contributed by atoms with Gasteiger partial charge in [-0.05, 0) is 5.56 Å². The standard InChI is InChI=1S/C16H16N2O4/c1-17-14(19)10-7-18-11(9-5-3-2-4-6-9)8-22-16(21)13(18)12(10)15(17)20/h2-6,10-13H,7-8H2,1H3/t10-,11+,12-,13-/m0/s1. The van der Waals surface area contributed by atoms with E-state index >= 15 is 0 Å². The summed E-state index contributed by atoms with van der Waals surface area (Å²) in [6, 6.07) is 9.00. The van der Waals surface area contributed by atoms with Gasteiger partial charge in [-0.3, -0.25) is 24.2 Å². The average molecular weight is 300 g/mol. The minimum Gasteiger partial charge on any atom is -0.462 e. The highest BCUT2D eigenvalue weighted by atomic mass is 16.5. The number of nitrogens with zero attached hydrogens (tertiary/aromatic N) is 2. The lowest BCUT2D eigenvalue weighted by Gasteiger charge is -2.37. The van der Waals surface area contributed by atoms with Crippen molar-refractivity contribution in [2.75, 3.05) is 20.2 Å². The molecule has 0 aliphatic carbocycles. The third kappa shape index (κ3) is 1.67. The van der Waals surface area contributed by atoms with Crippen molar-refractivity contribution in [3.8, 4) is 0 Å². The fourth-order valence-electron chi connectivity index (χ4n) is 3.91. The lowest BCUT2D eigenvalue weighted by atomic mass is 9.92. The van der Waals surface area contributed by atoms with Gasteiger partial charge >= 0.3 is 5.97 Å². The topological polar surface area (TPSA) is 66.9 Å². The molecule has 3 aliphatic rings. The molecule has 1 aromatic rings. The summed E-state index contributed by atoms with van der Waals surface area (Å²) in [5.74, 6) is -1.89. The molecule has 3 aliphatic heterocycles. The normalized spacial score (nSPS) is 34.6. The molecule has 6 heteroatoms. The van der Waals surface area contributed by atoms with E-state index in [-0.39, 0.29) is 24.5 Å². The fraction of sp³-hybridized carbons (Fsp3) is 0.438. The van der Waals surface area contributed by atoms with Crippen molar-refractivity contribution >= 4 is 17.8 Å². The van der Waals surface area contributed by atoms with Crippen molar-refractivity contribution < 1.29 is 19.1 Å². The Labute approximate surface area is 127 Å². The first-order chi connectivity index (χ1) is 10.6. The molecular formula is C16H16N2O4. The van der Waals surface area contributed by atoms with Crippen LogP contribution in [0.1, 0.15) is 11.6 Å². The van der Waals surface area contributed by atoms with Crippen molar-refractivity contribution in [1.82, 2.24) is 9.80 Å². The van der Waals surface area contributed by atoms with E-state index in [9.17, 15) is 14.4 Å². The van der Waals surface area contributed by atoms with E-state index in [1.165, 1.54) is 7.05 Å². The molecule has 3 saturated heterocycles. The highest BCUT2D eigenvalue weighted by Gasteiger charge is 2.61. The number of amides is 2. The number of carbonyl (C=O) groups is 3. The molecule has 0 radical (unpaired) electrons. The van der Waals surface area contributed by atoms with Gasteiger partial charge in [0, 0.05) is 13.6 Å². The van der Waals surface area contributed by atoms with Gasteiger partial charge in [0.2, 0.25) is 11.8 Å². The van der Waals surface area contributed by atoms with Crippen LogP contribution >= 0.6 is 0 Å². The van der Waals surface area contributed by atoms with Crippen molar-refractivity contribution in [3.05, 3.63) is 35.9 Å². The van der Waals surface area contributed by atoms with Gasteiger partial charge in [0.05, 0.1) is 17.9 Å². The minimum atomic E-state index is -0.648. The lowest BCUT2D eigenvalue weighted by molar-refractivity contribution is -0.164. The summed E-state index contributed by atoms with van der Waals surface area (Å²) in [6.45, 7) is 0.690. The first kappa shape index (κ1) is 13.5. The number of morpholine rings is 1. The molecule has 22 heavy (non-hydrogen) atoms. The number of rotatable bonds is 1. The number of hydrogen-bond acceptors (Lipinski definition) is 5. The molecule has 0 spiro atoms. The first-order valence-corrected chi connectivity index (χ1v) is 7.38. The SMILES string of the molecule is CN1C(=O)[C@H]2[C@H](CN3[C@@H](c4ccccc4)COC(=O)[C@H]23)C1=O. The molecule has 0 aromatic heterocycles. The maximum Gasteiger partial charge on any atom is 0.324 e. The van der Waals surface area contributed by atoms with Crippen LogP contribution in [0.3, 0.4) is 0 Å². The van der Waals surface area contributed by atoms with Crippen LogP contribution in [0.25, 0.3) is 0 Å².